The maximum Gasteiger partial charge on any atom is 0.227 e. The number of benzene rings is 2. The molecule has 0 bridgehead atoms. The molecule has 0 aromatic heterocycles. The van der Waals surface area contributed by atoms with Gasteiger partial charge in [-0.05, 0) is 30.5 Å². The van der Waals surface area contributed by atoms with Crippen LogP contribution in [0.2, 0.25) is 0 Å². The predicted octanol–water partition coefficient (Wildman–Crippen LogP) is 3.36. The first-order valence-electron chi connectivity index (χ1n) is 11.5. The average Bonchev–Trinajstić information content (AvgIpc) is 2.89. The fraction of sp³-hybridized carbons (Fsp3) is 0.462. The first-order chi connectivity index (χ1) is 17.0. The van der Waals surface area contributed by atoms with E-state index < -0.39 is 12.0 Å². The molecule has 9 nitrogen and oxygen atoms in total. The summed E-state index contributed by atoms with van der Waals surface area (Å²) >= 11 is 0. The predicted molar refractivity (Wildman–Crippen MR) is 132 cm³/mol. The Balaban J connectivity index is 2.07. The van der Waals surface area contributed by atoms with E-state index in [9.17, 15) is 9.59 Å². The van der Waals surface area contributed by atoms with Crippen molar-refractivity contribution in [3.8, 4) is 23.0 Å². The van der Waals surface area contributed by atoms with Crippen LogP contribution in [-0.2, 0) is 14.3 Å². The molecule has 0 unspecified atom stereocenters. The van der Waals surface area contributed by atoms with Crippen LogP contribution in [0.3, 0.4) is 0 Å². The maximum atomic E-state index is 13.4. The standard InChI is InChI=1S/C26H34N2O7/c1-31-14-6-13-27-26(30)20-11-12-23(29)28(24(20)17-7-9-19(32-2)10-8-17)18-15-21(33-3)25(35-5)22(16-18)34-4/h7-10,15-16,20,24H,6,11-14H2,1-5H3,(H,27,30)/t20-,24-/m0/s1. The molecule has 35 heavy (non-hydrogen) atoms. The highest BCUT2D eigenvalue weighted by Gasteiger charge is 2.42. The van der Waals surface area contributed by atoms with Gasteiger partial charge in [-0.1, -0.05) is 12.1 Å². The molecule has 1 N–H and O–H groups in total. The van der Waals surface area contributed by atoms with Gasteiger partial charge in [-0.3, -0.25) is 9.59 Å². The molecule has 2 aromatic rings. The van der Waals surface area contributed by atoms with Gasteiger partial charge >= 0.3 is 0 Å². The zero-order chi connectivity index (χ0) is 25.4. The zero-order valence-corrected chi connectivity index (χ0v) is 21.0. The second-order valence-electron chi connectivity index (χ2n) is 8.15. The third-order valence-electron chi connectivity index (χ3n) is 6.14. The van der Waals surface area contributed by atoms with Crippen molar-refractivity contribution in [2.45, 2.75) is 25.3 Å². The van der Waals surface area contributed by atoms with Crippen LogP contribution in [0.5, 0.6) is 23.0 Å². The number of carbonyl (C=O) groups is 2. The molecule has 1 aliphatic heterocycles. The van der Waals surface area contributed by atoms with Gasteiger partial charge in [-0.15, -0.1) is 0 Å². The van der Waals surface area contributed by atoms with Gasteiger partial charge in [0, 0.05) is 38.8 Å². The Morgan fingerprint density at radius 3 is 2.17 bits per heavy atom. The van der Waals surface area contributed by atoms with Crippen molar-refractivity contribution in [3.63, 3.8) is 0 Å². The van der Waals surface area contributed by atoms with Gasteiger partial charge in [0.25, 0.3) is 0 Å². The van der Waals surface area contributed by atoms with E-state index in [1.165, 1.54) is 21.3 Å². The molecule has 1 heterocycles. The van der Waals surface area contributed by atoms with Crippen LogP contribution >= 0.6 is 0 Å². The topological polar surface area (TPSA) is 95.6 Å². The lowest BCUT2D eigenvalue weighted by molar-refractivity contribution is -0.129. The van der Waals surface area contributed by atoms with E-state index in [-0.39, 0.29) is 18.2 Å². The lowest BCUT2D eigenvalue weighted by Gasteiger charge is -2.41. The summed E-state index contributed by atoms with van der Waals surface area (Å²) in [6.45, 7) is 1.06. The summed E-state index contributed by atoms with van der Waals surface area (Å²) < 4.78 is 26.9. The summed E-state index contributed by atoms with van der Waals surface area (Å²) in [5, 5.41) is 3.01. The molecule has 0 radical (unpaired) electrons. The summed E-state index contributed by atoms with van der Waals surface area (Å²) in [7, 11) is 7.80. The number of amides is 2. The van der Waals surface area contributed by atoms with Gasteiger partial charge in [0.15, 0.2) is 11.5 Å². The molecule has 0 saturated carbocycles. The molecule has 2 aromatic carbocycles. The smallest absolute Gasteiger partial charge is 0.227 e. The van der Waals surface area contributed by atoms with Crippen LogP contribution in [0.15, 0.2) is 36.4 Å². The van der Waals surface area contributed by atoms with E-state index >= 15 is 0 Å². The molecule has 190 valence electrons. The molecule has 3 rings (SSSR count). The highest BCUT2D eigenvalue weighted by atomic mass is 16.5. The van der Waals surface area contributed by atoms with E-state index in [1.807, 2.05) is 24.3 Å². The third kappa shape index (κ3) is 5.79. The van der Waals surface area contributed by atoms with Gasteiger partial charge in [0.05, 0.1) is 46.1 Å². The number of anilines is 1. The lowest BCUT2D eigenvalue weighted by Crippen LogP contribution is -2.48. The number of hydrogen-bond acceptors (Lipinski definition) is 7. The maximum absolute atomic E-state index is 13.4. The summed E-state index contributed by atoms with van der Waals surface area (Å²) in [5.41, 5.74) is 1.38. The quantitative estimate of drug-likeness (QED) is 0.487. The number of carbonyl (C=O) groups excluding carboxylic acids is 2. The number of ether oxygens (including phenoxy) is 5. The highest BCUT2D eigenvalue weighted by Crippen LogP contribution is 2.46. The monoisotopic (exact) mass is 486 g/mol. The molecule has 0 spiro atoms. The Morgan fingerprint density at radius 1 is 0.971 bits per heavy atom. The minimum Gasteiger partial charge on any atom is -0.497 e. The summed E-state index contributed by atoms with van der Waals surface area (Å²) in [4.78, 5) is 28.3. The van der Waals surface area contributed by atoms with Gasteiger partial charge < -0.3 is 33.9 Å². The Bertz CT molecular complexity index is 984. The fourth-order valence-corrected chi connectivity index (χ4v) is 4.42. The van der Waals surface area contributed by atoms with E-state index in [1.54, 1.807) is 31.3 Å². The number of hydrogen-bond donors (Lipinski definition) is 1. The Morgan fingerprint density at radius 2 is 1.63 bits per heavy atom. The summed E-state index contributed by atoms with van der Waals surface area (Å²) in [6, 6.07) is 10.4. The number of piperidine rings is 1. The summed E-state index contributed by atoms with van der Waals surface area (Å²) in [6.07, 6.45) is 1.38. The first-order valence-corrected chi connectivity index (χ1v) is 11.5. The largest absolute Gasteiger partial charge is 0.497 e. The Hall–Kier alpha value is -3.46. The van der Waals surface area contributed by atoms with Crippen molar-refractivity contribution >= 4 is 17.5 Å². The molecule has 2 amide bonds. The van der Waals surface area contributed by atoms with Crippen LogP contribution in [0.25, 0.3) is 0 Å². The van der Waals surface area contributed by atoms with E-state index in [0.717, 1.165) is 5.56 Å². The Labute approximate surface area is 206 Å². The van der Waals surface area contributed by atoms with Crippen LogP contribution in [0, 0.1) is 5.92 Å². The molecule has 0 aliphatic carbocycles. The van der Waals surface area contributed by atoms with Crippen LogP contribution in [0.1, 0.15) is 30.9 Å². The normalized spacial score (nSPS) is 17.6. The second kappa shape index (κ2) is 12.3. The number of methoxy groups -OCH3 is 5. The number of nitrogens with one attached hydrogen (secondary N) is 1. The first kappa shape index (κ1) is 26.2. The van der Waals surface area contributed by atoms with Gasteiger partial charge in [0.1, 0.15) is 5.75 Å². The molecule has 2 atom stereocenters. The van der Waals surface area contributed by atoms with Gasteiger partial charge in [-0.2, -0.15) is 0 Å². The van der Waals surface area contributed by atoms with E-state index in [2.05, 4.69) is 5.32 Å². The molecule has 1 fully saturated rings. The van der Waals surface area contributed by atoms with Gasteiger partial charge in [-0.25, -0.2) is 0 Å². The highest BCUT2D eigenvalue weighted by molar-refractivity contribution is 5.98. The van der Waals surface area contributed by atoms with Gasteiger partial charge in [0.2, 0.25) is 17.6 Å². The van der Waals surface area contributed by atoms with Crippen LogP contribution < -0.4 is 29.2 Å². The van der Waals surface area contributed by atoms with Crippen LogP contribution in [0.4, 0.5) is 5.69 Å². The van der Waals surface area contributed by atoms with Crippen molar-refractivity contribution in [1.29, 1.82) is 0 Å². The SMILES string of the molecule is COCCCNC(=O)[C@H]1CCC(=O)N(c2cc(OC)c(OC)c(OC)c2)[C@H]1c1ccc(OC)cc1. The molecular weight excluding hydrogens is 452 g/mol. The second-order valence-corrected chi connectivity index (χ2v) is 8.15. The minimum absolute atomic E-state index is 0.0940. The fourth-order valence-electron chi connectivity index (χ4n) is 4.42. The van der Waals surface area contributed by atoms with Crippen molar-refractivity contribution in [1.82, 2.24) is 5.32 Å². The van der Waals surface area contributed by atoms with Crippen molar-refractivity contribution < 1.29 is 33.3 Å². The third-order valence-corrected chi connectivity index (χ3v) is 6.14. The van der Waals surface area contributed by atoms with Crippen molar-refractivity contribution in [3.05, 3.63) is 42.0 Å². The minimum atomic E-state index is -0.535. The number of rotatable bonds is 11. The summed E-state index contributed by atoms with van der Waals surface area (Å²) in [5.74, 6) is 1.31. The Kier molecular flexibility index (Phi) is 9.19. The molecule has 1 saturated heterocycles. The zero-order valence-electron chi connectivity index (χ0n) is 21.0. The lowest BCUT2D eigenvalue weighted by atomic mass is 9.83. The molecular formula is C26H34N2O7. The van der Waals surface area contributed by atoms with E-state index in [4.69, 9.17) is 23.7 Å². The van der Waals surface area contributed by atoms with Crippen LogP contribution in [-0.4, -0.2) is 60.5 Å². The molecule has 1 aliphatic rings. The number of nitrogens with zero attached hydrogens (tertiary/aromatic N) is 1. The van der Waals surface area contributed by atoms with Crippen molar-refractivity contribution in [2.24, 2.45) is 5.92 Å². The molecule has 9 heteroatoms. The van der Waals surface area contributed by atoms with E-state index in [0.29, 0.717) is 54.7 Å². The average molecular weight is 487 g/mol. The van der Waals surface area contributed by atoms with Crippen molar-refractivity contribution in [2.75, 3.05) is 53.6 Å².